The summed E-state index contributed by atoms with van der Waals surface area (Å²) in [6.07, 6.45) is -4.73. The van der Waals surface area contributed by atoms with Gasteiger partial charge in [-0.05, 0) is 6.07 Å². The fourth-order valence-corrected chi connectivity index (χ4v) is 1.14. The fraction of sp³-hybridized carbons (Fsp3) is 0.333. The molecule has 5 nitrogen and oxygen atoms in total. The highest BCUT2D eigenvalue weighted by Gasteiger charge is 2.33. The molecule has 0 radical (unpaired) electrons. The third-order valence-corrected chi connectivity index (χ3v) is 1.81. The van der Waals surface area contributed by atoms with Gasteiger partial charge >= 0.3 is 6.36 Å². The third kappa shape index (κ3) is 3.31. The van der Waals surface area contributed by atoms with Crippen molar-refractivity contribution in [2.75, 3.05) is 7.11 Å². The molecule has 0 aromatic carbocycles. The Bertz CT molecular complexity index is 421. The summed E-state index contributed by atoms with van der Waals surface area (Å²) in [5, 5.41) is 0. The highest BCUT2D eigenvalue weighted by molar-refractivity contribution is 5.79. The first kappa shape index (κ1) is 13.2. The van der Waals surface area contributed by atoms with Crippen LogP contribution in [0.3, 0.4) is 0 Å². The van der Waals surface area contributed by atoms with E-state index in [9.17, 15) is 18.0 Å². The second kappa shape index (κ2) is 5.00. The van der Waals surface area contributed by atoms with Crippen LogP contribution in [0.25, 0.3) is 0 Å². The van der Waals surface area contributed by atoms with Crippen LogP contribution >= 0.6 is 0 Å². The lowest BCUT2D eigenvalue weighted by Crippen LogP contribution is -2.19. The maximum absolute atomic E-state index is 12.0. The zero-order valence-corrected chi connectivity index (χ0v) is 8.75. The van der Waals surface area contributed by atoms with E-state index in [-0.39, 0.29) is 24.3 Å². The number of hydrogen-bond donors (Lipinski definition) is 1. The normalized spacial score (nSPS) is 11.1. The number of carbonyl (C=O) groups is 1. The van der Waals surface area contributed by atoms with Gasteiger partial charge in [-0.25, -0.2) is 0 Å². The number of aldehydes is 1. The first-order chi connectivity index (χ1) is 7.91. The molecule has 0 saturated carbocycles. The van der Waals surface area contributed by atoms with Crippen molar-refractivity contribution in [3.05, 3.63) is 17.2 Å². The molecule has 1 aromatic rings. The Morgan fingerprint density at radius 2 is 2.12 bits per heavy atom. The minimum absolute atomic E-state index is 0.0245. The number of aromatic nitrogens is 1. The van der Waals surface area contributed by atoms with E-state index >= 15 is 0 Å². The summed E-state index contributed by atoms with van der Waals surface area (Å²) in [5.41, 5.74) is 5.29. The van der Waals surface area contributed by atoms with Crippen LogP contribution in [0.2, 0.25) is 0 Å². The zero-order valence-electron chi connectivity index (χ0n) is 8.75. The van der Waals surface area contributed by atoms with Crippen LogP contribution in [0.5, 0.6) is 11.8 Å². The smallest absolute Gasteiger partial charge is 0.481 e. The van der Waals surface area contributed by atoms with Crippen LogP contribution in [0.1, 0.15) is 15.9 Å². The number of ether oxygens (including phenoxy) is 2. The number of rotatable bonds is 4. The van der Waals surface area contributed by atoms with Gasteiger partial charge in [-0.2, -0.15) is 4.98 Å². The number of nitrogens with zero attached hydrogens (tertiary/aromatic N) is 1. The quantitative estimate of drug-likeness (QED) is 0.814. The topological polar surface area (TPSA) is 74.4 Å². The fourth-order valence-electron chi connectivity index (χ4n) is 1.14. The lowest BCUT2D eigenvalue weighted by atomic mass is 10.2. The summed E-state index contributed by atoms with van der Waals surface area (Å²) >= 11 is 0. The number of pyridine rings is 1. The van der Waals surface area contributed by atoms with E-state index in [1.54, 1.807) is 0 Å². The Labute approximate surface area is 94.3 Å². The molecule has 0 aliphatic carbocycles. The Morgan fingerprint density at radius 1 is 1.47 bits per heavy atom. The molecular weight excluding hydrogens is 241 g/mol. The summed E-state index contributed by atoms with van der Waals surface area (Å²) in [6.45, 7) is -0.0245. The molecule has 1 heterocycles. The van der Waals surface area contributed by atoms with Crippen LogP contribution in [-0.2, 0) is 6.54 Å². The Kier molecular flexibility index (Phi) is 3.89. The molecule has 2 N–H and O–H groups in total. The molecule has 0 fully saturated rings. The molecule has 0 atom stereocenters. The average molecular weight is 250 g/mol. The largest absolute Gasteiger partial charge is 0.574 e. The molecule has 0 amide bonds. The molecule has 1 aromatic heterocycles. The maximum Gasteiger partial charge on any atom is 0.574 e. The SMILES string of the molecule is COc1nc(OC(F)(F)F)c(C=O)cc1CN. The van der Waals surface area contributed by atoms with Gasteiger partial charge in [0.25, 0.3) is 0 Å². The molecule has 0 aliphatic heterocycles. The number of hydrogen-bond acceptors (Lipinski definition) is 5. The van der Waals surface area contributed by atoms with Gasteiger partial charge in [-0.15, -0.1) is 13.2 Å². The van der Waals surface area contributed by atoms with Gasteiger partial charge in [0.2, 0.25) is 11.8 Å². The monoisotopic (exact) mass is 250 g/mol. The van der Waals surface area contributed by atoms with Crippen molar-refractivity contribution in [2.24, 2.45) is 5.73 Å². The van der Waals surface area contributed by atoms with Crippen LogP contribution in [0, 0.1) is 0 Å². The predicted octanol–water partition coefficient (Wildman–Crippen LogP) is 1.26. The highest BCUT2D eigenvalue weighted by Crippen LogP contribution is 2.28. The van der Waals surface area contributed by atoms with Gasteiger partial charge in [0.05, 0.1) is 12.7 Å². The lowest BCUT2D eigenvalue weighted by molar-refractivity contribution is -0.276. The van der Waals surface area contributed by atoms with E-state index in [2.05, 4.69) is 9.72 Å². The van der Waals surface area contributed by atoms with Gasteiger partial charge in [0.1, 0.15) is 0 Å². The summed E-state index contributed by atoms with van der Waals surface area (Å²) < 4.78 is 44.4. The number of nitrogens with two attached hydrogens (primary N) is 1. The second-order valence-corrected chi connectivity index (χ2v) is 2.92. The van der Waals surface area contributed by atoms with E-state index in [0.29, 0.717) is 5.56 Å². The maximum atomic E-state index is 12.0. The van der Waals surface area contributed by atoms with Crippen LogP contribution < -0.4 is 15.2 Å². The molecule has 8 heteroatoms. The van der Waals surface area contributed by atoms with Crippen molar-refractivity contribution in [3.8, 4) is 11.8 Å². The number of halogens is 3. The second-order valence-electron chi connectivity index (χ2n) is 2.92. The number of methoxy groups -OCH3 is 1. The Hall–Kier alpha value is -1.83. The van der Waals surface area contributed by atoms with E-state index in [1.807, 2.05) is 0 Å². The van der Waals surface area contributed by atoms with Crippen molar-refractivity contribution in [1.82, 2.24) is 4.98 Å². The van der Waals surface area contributed by atoms with E-state index < -0.39 is 12.2 Å². The Balaban J connectivity index is 3.24. The van der Waals surface area contributed by atoms with Crippen molar-refractivity contribution in [3.63, 3.8) is 0 Å². The molecule has 0 aliphatic rings. The van der Waals surface area contributed by atoms with Gasteiger partial charge in [0, 0.05) is 12.1 Å². The zero-order chi connectivity index (χ0) is 13.1. The standard InChI is InChI=1S/C9H9F3N2O3/c1-16-7-5(3-13)2-6(4-15)8(14-7)17-9(10,11)12/h2,4H,3,13H2,1H3. The summed E-state index contributed by atoms with van der Waals surface area (Å²) in [7, 11) is 1.22. The van der Waals surface area contributed by atoms with Crippen molar-refractivity contribution in [1.29, 1.82) is 0 Å². The van der Waals surface area contributed by atoms with Crippen LogP contribution in [0.15, 0.2) is 6.07 Å². The molecule has 94 valence electrons. The van der Waals surface area contributed by atoms with Gasteiger partial charge in [-0.3, -0.25) is 4.79 Å². The molecular formula is C9H9F3N2O3. The van der Waals surface area contributed by atoms with Crippen molar-refractivity contribution >= 4 is 6.29 Å². The predicted molar refractivity (Wildman–Crippen MR) is 50.8 cm³/mol. The minimum atomic E-state index is -4.93. The molecule has 0 bridgehead atoms. The van der Waals surface area contributed by atoms with Crippen LogP contribution in [0.4, 0.5) is 13.2 Å². The molecule has 0 saturated heterocycles. The highest BCUT2D eigenvalue weighted by atomic mass is 19.4. The molecule has 1 rings (SSSR count). The summed E-state index contributed by atoms with van der Waals surface area (Å²) in [5.74, 6) is -0.973. The summed E-state index contributed by atoms with van der Waals surface area (Å²) in [6, 6.07) is 1.14. The van der Waals surface area contributed by atoms with Crippen LogP contribution in [-0.4, -0.2) is 24.7 Å². The third-order valence-electron chi connectivity index (χ3n) is 1.81. The molecule has 0 unspecified atom stereocenters. The lowest BCUT2D eigenvalue weighted by Gasteiger charge is -2.12. The first-order valence-electron chi connectivity index (χ1n) is 4.40. The van der Waals surface area contributed by atoms with Gasteiger partial charge in [0.15, 0.2) is 6.29 Å². The van der Waals surface area contributed by atoms with E-state index in [4.69, 9.17) is 10.5 Å². The average Bonchev–Trinajstić information content (AvgIpc) is 2.26. The van der Waals surface area contributed by atoms with E-state index in [0.717, 1.165) is 6.07 Å². The summed E-state index contributed by atoms with van der Waals surface area (Å²) in [4.78, 5) is 14.1. The van der Waals surface area contributed by atoms with Gasteiger partial charge < -0.3 is 15.2 Å². The van der Waals surface area contributed by atoms with Gasteiger partial charge in [-0.1, -0.05) is 0 Å². The minimum Gasteiger partial charge on any atom is -0.481 e. The van der Waals surface area contributed by atoms with Crippen molar-refractivity contribution < 1.29 is 27.4 Å². The number of carbonyl (C=O) groups excluding carboxylic acids is 1. The first-order valence-corrected chi connectivity index (χ1v) is 4.40. The Morgan fingerprint density at radius 3 is 2.53 bits per heavy atom. The number of alkyl halides is 3. The molecule has 17 heavy (non-hydrogen) atoms. The van der Waals surface area contributed by atoms with Crippen molar-refractivity contribution in [2.45, 2.75) is 12.9 Å². The van der Waals surface area contributed by atoms with E-state index in [1.165, 1.54) is 7.11 Å². The molecule has 0 spiro atoms.